The van der Waals surface area contributed by atoms with E-state index in [0.29, 0.717) is 12.8 Å². The molecule has 0 aromatic heterocycles. The van der Waals surface area contributed by atoms with Crippen molar-refractivity contribution in [3.8, 4) is 0 Å². The van der Waals surface area contributed by atoms with Crippen LogP contribution < -0.4 is 5.32 Å². The van der Waals surface area contributed by atoms with Crippen LogP contribution in [0.1, 0.15) is 48.5 Å². The maximum Gasteiger partial charge on any atom is 0.254 e. The molecule has 1 aromatic rings. The molecule has 1 unspecified atom stereocenters. The summed E-state index contributed by atoms with van der Waals surface area (Å²) in [5, 5.41) is 2.87. The summed E-state index contributed by atoms with van der Waals surface area (Å²) in [4.78, 5) is 26.5. The number of ether oxygens (including phenoxy) is 1. The first kappa shape index (κ1) is 15.6. The maximum atomic E-state index is 13.0. The number of hydrogen-bond donors (Lipinski definition) is 1. The van der Waals surface area contributed by atoms with Gasteiger partial charge >= 0.3 is 0 Å². The minimum Gasteiger partial charge on any atom is -0.381 e. The molecule has 128 valence electrons. The Morgan fingerprint density at radius 1 is 1.25 bits per heavy atom. The largest absolute Gasteiger partial charge is 0.381 e. The minimum absolute atomic E-state index is 0.0520. The van der Waals surface area contributed by atoms with Crippen LogP contribution in [0.2, 0.25) is 0 Å². The summed E-state index contributed by atoms with van der Waals surface area (Å²) in [7, 11) is 0. The number of carbonyl (C=O) groups is 2. The number of hydrogen-bond acceptors (Lipinski definition) is 3. The third kappa shape index (κ3) is 2.51. The second kappa shape index (κ2) is 5.88. The van der Waals surface area contributed by atoms with E-state index in [0.717, 1.165) is 55.8 Å². The Morgan fingerprint density at radius 3 is 2.83 bits per heavy atom. The fourth-order valence-corrected chi connectivity index (χ4v) is 4.48. The van der Waals surface area contributed by atoms with Gasteiger partial charge in [-0.3, -0.25) is 9.59 Å². The van der Waals surface area contributed by atoms with Crippen molar-refractivity contribution in [3.63, 3.8) is 0 Å². The topological polar surface area (TPSA) is 58.6 Å². The first-order valence-electron chi connectivity index (χ1n) is 8.91. The number of benzene rings is 1. The highest BCUT2D eigenvalue weighted by Crippen LogP contribution is 2.45. The van der Waals surface area contributed by atoms with Crippen LogP contribution in [0.15, 0.2) is 18.2 Å². The Labute approximate surface area is 142 Å². The lowest BCUT2D eigenvalue weighted by molar-refractivity contribution is -0.116. The third-order valence-corrected chi connectivity index (χ3v) is 6.20. The fourth-order valence-electron chi connectivity index (χ4n) is 4.48. The Hall–Kier alpha value is -1.88. The van der Waals surface area contributed by atoms with Crippen LogP contribution in [0.4, 0.5) is 5.69 Å². The van der Waals surface area contributed by atoms with E-state index >= 15 is 0 Å². The molecule has 24 heavy (non-hydrogen) atoms. The molecular weight excluding hydrogens is 304 g/mol. The van der Waals surface area contributed by atoms with Crippen molar-refractivity contribution < 1.29 is 14.3 Å². The molecule has 0 saturated carbocycles. The summed E-state index contributed by atoms with van der Waals surface area (Å²) >= 11 is 0. The number of rotatable bonds is 1. The van der Waals surface area contributed by atoms with Crippen LogP contribution >= 0.6 is 0 Å². The lowest BCUT2D eigenvalue weighted by Crippen LogP contribution is -2.43. The van der Waals surface area contributed by atoms with E-state index in [9.17, 15) is 9.59 Å². The van der Waals surface area contributed by atoms with Crippen LogP contribution in [0.3, 0.4) is 0 Å². The zero-order valence-corrected chi connectivity index (χ0v) is 14.1. The summed E-state index contributed by atoms with van der Waals surface area (Å²) < 4.78 is 5.52. The van der Waals surface area contributed by atoms with Crippen LogP contribution in [0.25, 0.3) is 0 Å². The Kier molecular flexibility index (Phi) is 3.83. The number of likely N-dealkylation sites (tertiary alicyclic amines) is 1. The SMILES string of the molecule is CC1N(C(=O)c2ccc3c(c2)CCC(=O)N3)CCC12CCOCC2. The predicted octanol–water partition coefficient (Wildman–Crippen LogP) is 2.60. The number of carbonyl (C=O) groups excluding carboxylic acids is 2. The van der Waals surface area contributed by atoms with Crippen molar-refractivity contribution in [2.24, 2.45) is 5.41 Å². The zero-order valence-electron chi connectivity index (χ0n) is 14.1. The van der Waals surface area contributed by atoms with E-state index in [-0.39, 0.29) is 23.3 Å². The molecule has 0 bridgehead atoms. The van der Waals surface area contributed by atoms with Gasteiger partial charge in [-0.15, -0.1) is 0 Å². The van der Waals surface area contributed by atoms with Gasteiger partial charge in [0.2, 0.25) is 5.91 Å². The monoisotopic (exact) mass is 328 g/mol. The van der Waals surface area contributed by atoms with E-state index in [1.54, 1.807) is 0 Å². The zero-order chi connectivity index (χ0) is 16.7. The van der Waals surface area contributed by atoms with Crippen molar-refractivity contribution in [3.05, 3.63) is 29.3 Å². The van der Waals surface area contributed by atoms with Gasteiger partial charge in [-0.25, -0.2) is 0 Å². The second-order valence-corrected chi connectivity index (χ2v) is 7.32. The third-order valence-electron chi connectivity index (χ3n) is 6.20. The minimum atomic E-state index is 0.0520. The first-order chi connectivity index (χ1) is 11.6. The van der Waals surface area contributed by atoms with E-state index < -0.39 is 0 Å². The summed E-state index contributed by atoms with van der Waals surface area (Å²) in [6.07, 6.45) is 4.37. The van der Waals surface area contributed by atoms with Gasteiger partial charge in [0.15, 0.2) is 0 Å². The highest BCUT2D eigenvalue weighted by Gasteiger charge is 2.47. The molecule has 1 aromatic carbocycles. The molecule has 5 heteroatoms. The molecule has 0 radical (unpaired) electrons. The van der Waals surface area contributed by atoms with Gasteiger partial charge < -0.3 is 15.0 Å². The fraction of sp³-hybridized carbons (Fsp3) is 0.579. The lowest BCUT2D eigenvalue weighted by Gasteiger charge is -2.38. The molecular formula is C19H24N2O3. The molecule has 1 spiro atoms. The standard InChI is InChI=1S/C19H24N2O3/c1-13-19(7-10-24-11-8-19)6-9-21(13)18(23)15-2-4-16-14(12-15)3-5-17(22)20-16/h2,4,12-13H,3,5-11H2,1H3,(H,20,22). The van der Waals surface area contributed by atoms with Crippen LogP contribution in [0, 0.1) is 5.41 Å². The summed E-state index contributed by atoms with van der Waals surface area (Å²) in [5.41, 5.74) is 2.88. The van der Waals surface area contributed by atoms with E-state index in [2.05, 4.69) is 12.2 Å². The van der Waals surface area contributed by atoms with Gasteiger partial charge in [0.25, 0.3) is 5.91 Å². The van der Waals surface area contributed by atoms with Crippen LogP contribution in [0.5, 0.6) is 0 Å². The van der Waals surface area contributed by atoms with Gasteiger partial charge in [-0.1, -0.05) is 0 Å². The van der Waals surface area contributed by atoms with Crippen molar-refractivity contribution in [2.45, 2.75) is 45.1 Å². The van der Waals surface area contributed by atoms with Gasteiger partial charge in [-0.05, 0) is 61.8 Å². The van der Waals surface area contributed by atoms with E-state index in [4.69, 9.17) is 4.74 Å². The molecule has 2 fully saturated rings. The highest BCUT2D eigenvalue weighted by molar-refractivity contribution is 5.98. The molecule has 5 nitrogen and oxygen atoms in total. The molecule has 3 heterocycles. The number of aryl methyl sites for hydroxylation is 1. The summed E-state index contributed by atoms with van der Waals surface area (Å²) in [5.74, 6) is 0.168. The average Bonchev–Trinajstić information content (AvgIpc) is 2.91. The molecule has 1 atom stereocenters. The molecule has 2 amide bonds. The van der Waals surface area contributed by atoms with Crippen molar-refractivity contribution in [1.29, 1.82) is 0 Å². The van der Waals surface area contributed by atoms with Gasteiger partial charge in [-0.2, -0.15) is 0 Å². The lowest BCUT2D eigenvalue weighted by atomic mass is 9.74. The van der Waals surface area contributed by atoms with Gasteiger partial charge in [0.05, 0.1) is 0 Å². The van der Waals surface area contributed by atoms with Crippen molar-refractivity contribution in [1.82, 2.24) is 4.90 Å². The molecule has 3 aliphatic heterocycles. The first-order valence-corrected chi connectivity index (χ1v) is 8.91. The Balaban J connectivity index is 1.55. The second-order valence-electron chi connectivity index (χ2n) is 7.32. The average molecular weight is 328 g/mol. The number of amides is 2. The molecule has 3 aliphatic rings. The van der Waals surface area contributed by atoms with Crippen molar-refractivity contribution in [2.75, 3.05) is 25.1 Å². The summed E-state index contributed by atoms with van der Waals surface area (Å²) in [6, 6.07) is 5.92. The summed E-state index contributed by atoms with van der Waals surface area (Å²) in [6.45, 7) is 4.64. The maximum absolute atomic E-state index is 13.0. The number of nitrogens with one attached hydrogen (secondary N) is 1. The number of fused-ring (bicyclic) bond motifs is 1. The normalized spacial score (nSPS) is 25.5. The Morgan fingerprint density at radius 2 is 2.04 bits per heavy atom. The van der Waals surface area contributed by atoms with E-state index in [1.807, 2.05) is 23.1 Å². The quantitative estimate of drug-likeness (QED) is 0.862. The van der Waals surface area contributed by atoms with Gasteiger partial charge in [0, 0.05) is 43.5 Å². The van der Waals surface area contributed by atoms with Crippen LogP contribution in [-0.4, -0.2) is 42.5 Å². The smallest absolute Gasteiger partial charge is 0.254 e. The molecule has 4 rings (SSSR count). The molecule has 0 aliphatic carbocycles. The van der Waals surface area contributed by atoms with Crippen LogP contribution in [-0.2, 0) is 16.0 Å². The molecule has 2 saturated heterocycles. The Bertz CT molecular complexity index is 679. The number of nitrogens with zero attached hydrogens (tertiary/aromatic N) is 1. The molecule has 1 N–H and O–H groups in total. The number of anilines is 1. The highest BCUT2D eigenvalue weighted by atomic mass is 16.5. The van der Waals surface area contributed by atoms with Gasteiger partial charge in [0.1, 0.15) is 0 Å². The predicted molar refractivity (Wildman–Crippen MR) is 91.0 cm³/mol. The van der Waals surface area contributed by atoms with Crippen molar-refractivity contribution >= 4 is 17.5 Å². The van der Waals surface area contributed by atoms with E-state index in [1.165, 1.54) is 0 Å².